The molecule has 8 nitrogen and oxygen atoms in total. The Labute approximate surface area is 181 Å². The molecular weight excluding hydrogens is 452 g/mol. The molecule has 2 aromatic heterocycles. The second-order valence-corrected chi connectivity index (χ2v) is 9.32. The summed E-state index contributed by atoms with van der Waals surface area (Å²) >= 11 is 0. The maximum absolute atomic E-state index is 13.4. The number of anilines is 1. The van der Waals surface area contributed by atoms with Crippen LogP contribution in [-0.2, 0) is 23.2 Å². The van der Waals surface area contributed by atoms with E-state index in [1.165, 1.54) is 45.7 Å². The summed E-state index contributed by atoms with van der Waals surface area (Å²) in [5.74, 6) is -1.09. The van der Waals surface area contributed by atoms with Crippen molar-refractivity contribution < 1.29 is 26.0 Å². The summed E-state index contributed by atoms with van der Waals surface area (Å²) in [6.07, 6.45) is -1.28. The highest BCUT2D eigenvalue weighted by molar-refractivity contribution is 7.89. The Kier molecular flexibility index (Phi) is 5.63. The molecule has 1 N–H and O–H groups in total. The molecule has 32 heavy (non-hydrogen) atoms. The minimum Gasteiger partial charge on any atom is -0.364 e. The van der Waals surface area contributed by atoms with Gasteiger partial charge in [0, 0.05) is 38.3 Å². The Morgan fingerprint density at radius 2 is 1.88 bits per heavy atom. The third-order valence-corrected chi connectivity index (χ3v) is 6.90. The molecule has 1 aromatic carbocycles. The lowest BCUT2D eigenvalue weighted by molar-refractivity contribution is -0.137. The number of halogens is 4. The van der Waals surface area contributed by atoms with Crippen molar-refractivity contribution in [2.75, 3.05) is 18.4 Å². The van der Waals surface area contributed by atoms with Gasteiger partial charge in [-0.3, -0.25) is 0 Å². The SMILES string of the molecule is Cn1cnc(S(=O)(=O)N2CC(Nc3cc(C(F)(F)F)cnn3)C(c3ccc(F)cc3)C2)c1. The first kappa shape index (κ1) is 22.1. The molecule has 0 aliphatic carbocycles. The molecular formula is C19H18F4N6O2S. The molecule has 0 amide bonds. The van der Waals surface area contributed by atoms with E-state index in [0.29, 0.717) is 11.8 Å². The quantitative estimate of drug-likeness (QED) is 0.577. The number of imidazole rings is 1. The van der Waals surface area contributed by atoms with E-state index < -0.39 is 39.5 Å². The van der Waals surface area contributed by atoms with Gasteiger partial charge in [0.05, 0.1) is 18.1 Å². The molecule has 0 bridgehead atoms. The van der Waals surface area contributed by atoms with Crippen LogP contribution < -0.4 is 5.32 Å². The number of rotatable bonds is 5. The molecule has 13 heteroatoms. The Morgan fingerprint density at radius 3 is 2.50 bits per heavy atom. The Bertz CT molecular complexity index is 1210. The van der Waals surface area contributed by atoms with Crippen LogP contribution in [0.5, 0.6) is 0 Å². The first-order valence-corrected chi connectivity index (χ1v) is 10.9. The van der Waals surface area contributed by atoms with Gasteiger partial charge in [-0.1, -0.05) is 12.1 Å². The molecule has 0 spiro atoms. The zero-order chi connectivity index (χ0) is 23.1. The molecule has 2 unspecified atom stereocenters. The molecule has 3 aromatic rings. The van der Waals surface area contributed by atoms with Gasteiger partial charge in [-0.15, -0.1) is 5.10 Å². The van der Waals surface area contributed by atoms with Crippen LogP contribution >= 0.6 is 0 Å². The number of sulfonamides is 1. The van der Waals surface area contributed by atoms with Gasteiger partial charge in [0.1, 0.15) is 11.6 Å². The Morgan fingerprint density at radius 1 is 1.16 bits per heavy atom. The van der Waals surface area contributed by atoms with Crippen molar-refractivity contribution in [1.82, 2.24) is 24.1 Å². The van der Waals surface area contributed by atoms with Crippen molar-refractivity contribution >= 4 is 15.8 Å². The topological polar surface area (TPSA) is 93.0 Å². The molecule has 1 fully saturated rings. The van der Waals surface area contributed by atoms with Crippen LogP contribution in [0, 0.1) is 5.82 Å². The number of nitrogens with zero attached hydrogens (tertiary/aromatic N) is 5. The van der Waals surface area contributed by atoms with Gasteiger partial charge in [-0.25, -0.2) is 17.8 Å². The van der Waals surface area contributed by atoms with E-state index in [4.69, 9.17) is 0 Å². The van der Waals surface area contributed by atoms with Crippen molar-refractivity contribution in [1.29, 1.82) is 0 Å². The third kappa shape index (κ3) is 4.43. The number of nitrogens with one attached hydrogen (secondary N) is 1. The normalized spacial score (nSPS) is 19.9. The molecule has 4 rings (SSSR count). The van der Waals surface area contributed by atoms with Crippen LogP contribution in [0.2, 0.25) is 0 Å². The lowest BCUT2D eigenvalue weighted by Gasteiger charge is -2.21. The molecule has 3 heterocycles. The maximum Gasteiger partial charge on any atom is 0.418 e. The summed E-state index contributed by atoms with van der Waals surface area (Å²) in [6.45, 7) is -0.0343. The van der Waals surface area contributed by atoms with E-state index >= 15 is 0 Å². The van der Waals surface area contributed by atoms with Crippen molar-refractivity contribution in [2.24, 2.45) is 7.05 Å². The standard InChI is InChI=1S/C19H18F4N6O2S/c1-28-10-18(24-11-28)32(30,31)29-8-15(12-2-4-14(20)5-3-12)16(9-29)26-17-6-13(7-25-27-17)19(21,22)23/h2-7,10-11,15-16H,8-9H2,1H3,(H,26,27). The minimum atomic E-state index is -4.60. The molecule has 170 valence electrons. The summed E-state index contributed by atoms with van der Waals surface area (Å²) in [7, 11) is -2.32. The smallest absolute Gasteiger partial charge is 0.364 e. The van der Waals surface area contributed by atoms with Crippen LogP contribution in [0.25, 0.3) is 0 Å². The van der Waals surface area contributed by atoms with Crippen LogP contribution in [-0.4, -0.2) is 51.6 Å². The van der Waals surface area contributed by atoms with Gasteiger partial charge < -0.3 is 9.88 Å². The second kappa shape index (κ2) is 8.13. The predicted molar refractivity (Wildman–Crippen MR) is 106 cm³/mol. The summed E-state index contributed by atoms with van der Waals surface area (Å²) in [5.41, 5.74) is -0.355. The van der Waals surface area contributed by atoms with Gasteiger partial charge in [0.25, 0.3) is 10.0 Å². The zero-order valence-corrected chi connectivity index (χ0v) is 17.5. The highest BCUT2D eigenvalue weighted by Gasteiger charge is 2.41. The lowest BCUT2D eigenvalue weighted by Crippen LogP contribution is -2.32. The number of hydrogen-bond donors (Lipinski definition) is 1. The molecule has 0 radical (unpaired) electrons. The summed E-state index contributed by atoms with van der Waals surface area (Å²) in [6, 6.07) is 5.69. The van der Waals surface area contributed by atoms with E-state index in [2.05, 4.69) is 20.5 Å². The number of aromatic nitrogens is 4. The number of aryl methyl sites for hydroxylation is 1. The summed E-state index contributed by atoms with van der Waals surface area (Å²) < 4.78 is 81.3. The van der Waals surface area contributed by atoms with Crippen LogP contribution in [0.3, 0.4) is 0 Å². The second-order valence-electron chi connectivity index (χ2n) is 7.44. The minimum absolute atomic E-state index is 0.0224. The van der Waals surface area contributed by atoms with Crippen molar-refractivity contribution in [3.8, 4) is 0 Å². The first-order valence-electron chi connectivity index (χ1n) is 9.44. The van der Waals surface area contributed by atoms with E-state index in [9.17, 15) is 26.0 Å². The highest BCUT2D eigenvalue weighted by Crippen LogP contribution is 2.34. The molecule has 1 aliphatic heterocycles. The monoisotopic (exact) mass is 470 g/mol. The highest BCUT2D eigenvalue weighted by atomic mass is 32.2. The number of benzene rings is 1. The fourth-order valence-electron chi connectivity index (χ4n) is 3.59. The number of alkyl halides is 3. The summed E-state index contributed by atoms with van der Waals surface area (Å²) in [4.78, 5) is 3.91. The number of hydrogen-bond acceptors (Lipinski definition) is 6. The third-order valence-electron chi connectivity index (χ3n) is 5.19. The van der Waals surface area contributed by atoms with Crippen LogP contribution in [0.15, 0.2) is 54.1 Å². The van der Waals surface area contributed by atoms with E-state index in [1.54, 1.807) is 7.05 Å². The fourth-order valence-corrected chi connectivity index (χ4v) is 5.05. The van der Waals surface area contributed by atoms with Gasteiger partial charge in [0.2, 0.25) is 0 Å². The maximum atomic E-state index is 13.4. The lowest BCUT2D eigenvalue weighted by atomic mass is 9.94. The van der Waals surface area contributed by atoms with E-state index in [-0.39, 0.29) is 23.9 Å². The average Bonchev–Trinajstić information content (AvgIpc) is 3.36. The largest absolute Gasteiger partial charge is 0.418 e. The van der Waals surface area contributed by atoms with Gasteiger partial charge in [0.15, 0.2) is 5.03 Å². The van der Waals surface area contributed by atoms with Crippen molar-refractivity contribution in [2.45, 2.75) is 23.2 Å². The molecule has 1 aliphatic rings. The predicted octanol–water partition coefficient (Wildman–Crippen LogP) is 2.64. The molecule has 2 atom stereocenters. The van der Waals surface area contributed by atoms with E-state index in [0.717, 1.165) is 6.07 Å². The first-order chi connectivity index (χ1) is 15.0. The van der Waals surface area contributed by atoms with Crippen LogP contribution in [0.1, 0.15) is 17.0 Å². The fraction of sp³-hybridized carbons (Fsp3) is 0.316. The van der Waals surface area contributed by atoms with Gasteiger partial charge in [-0.05, 0) is 23.8 Å². The average molecular weight is 470 g/mol. The Hall–Kier alpha value is -3.06. The zero-order valence-electron chi connectivity index (χ0n) is 16.7. The summed E-state index contributed by atoms with van der Waals surface area (Å²) in [5, 5.41) is 9.83. The Balaban J connectivity index is 1.66. The van der Waals surface area contributed by atoms with Gasteiger partial charge >= 0.3 is 6.18 Å². The van der Waals surface area contributed by atoms with E-state index in [1.807, 2.05) is 0 Å². The van der Waals surface area contributed by atoms with Gasteiger partial charge in [-0.2, -0.15) is 22.6 Å². The van der Waals surface area contributed by atoms with Crippen molar-refractivity contribution in [3.05, 3.63) is 66.0 Å². The van der Waals surface area contributed by atoms with Crippen molar-refractivity contribution in [3.63, 3.8) is 0 Å². The molecule has 0 saturated carbocycles. The molecule has 1 saturated heterocycles. The van der Waals surface area contributed by atoms with Crippen LogP contribution in [0.4, 0.5) is 23.4 Å².